The van der Waals surface area contributed by atoms with Crippen molar-refractivity contribution in [3.63, 3.8) is 0 Å². The van der Waals surface area contributed by atoms with Crippen LogP contribution in [0.3, 0.4) is 0 Å². The highest BCUT2D eigenvalue weighted by molar-refractivity contribution is 6.04. The highest BCUT2D eigenvalue weighted by Crippen LogP contribution is 2.23. The second-order valence-corrected chi connectivity index (χ2v) is 4.93. The number of rotatable bonds is 3. The Bertz CT molecular complexity index is 855. The van der Waals surface area contributed by atoms with Gasteiger partial charge in [0, 0.05) is 23.6 Å². The monoisotopic (exact) mass is 301 g/mol. The first kappa shape index (κ1) is 14.3. The van der Waals surface area contributed by atoms with E-state index in [1.807, 2.05) is 28.8 Å². The fraction of sp³-hybridized carbons (Fsp3) is 0.118. The van der Waals surface area contributed by atoms with Gasteiger partial charge in [-0.05, 0) is 23.8 Å². The zero-order valence-electron chi connectivity index (χ0n) is 11.8. The lowest BCUT2D eigenvalue weighted by Crippen LogP contribution is -2.01. The average Bonchev–Trinajstić information content (AvgIpc) is 2.89. The molecule has 0 bridgehead atoms. The van der Waals surface area contributed by atoms with E-state index in [4.69, 9.17) is 4.74 Å². The Balaban J connectivity index is 2.07. The molecular formula is C17H13F2NO2. The van der Waals surface area contributed by atoms with E-state index in [1.165, 1.54) is 13.2 Å². The van der Waals surface area contributed by atoms with Crippen molar-refractivity contribution in [3.05, 3.63) is 71.4 Å². The number of fused-ring (bicyclic) bond motifs is 1. The van der Waals surface area contributed by atoms with Crippen molar-refractivity contribution in [3.8, 4) is 0 Å². The molecule has 0 unspecified atom stereocenters. The summed E-state index contributed by atoms with van der Waals surface area (Å²) in [6.07, 6.45) is 1.66. The van der Waals surface area contributed by atoms with E-state index in [1.54, 1.807) is 6.20 Å². The van der Waals surface area contributed by atoms with Crippen molar-refractivity contribution in [2.45, 2.75) is 6.54 Å². The molecular weight excluding hydrogens is 288 g/mol. The minimum absolute atomic E-state index is 0.328. The molecule has 0 aliphatic heterocycles. The molecule has 3 nitrogen and oxygen atoms in total. The number of para-hydroxylation sites is 1. The summed E-state index contributed by atoms with van der Waals surface area (Å²) in [6.45, 7) is 0.328. The molecule has 3 rings (SSSR count). The minimum atomic E-state index is -0.887. The standard InChI is InChI=1S/C17H13F2NO2/c1-22-17(21)13-10-20(16-5-3-2-4-12(13)16)9-11-6-7-14(18)15(19)8-11/h2-8,10H,9H2,1H3. The molecule has 0 spiro atoms. The van der Waals surface area contributed by atoms with Crippen LogP contribution in [0.4, 0.5) is 8.78 Å². The number of carbonyl (C=O) groups excluding carboxylic acids is 1. The smallest absolute Gasteiger partial charge is 0.340 e. The third-order valence-corrected chi connectivity index (χ3v) is 3.53. The van der Waals surface area contributed by atoms with Crippen molar-refractivity contribution >= 4 is 16.9 Å². The van der Waals surface area contributed by atoms with E-state index >= 15 is 0 Å². The van der Waals surface area contributed by atoms with Gasteiger partial charge in [-0.1, -0.05) is 24.3 Å². The number of nitrogens with zero attached hydrogens (tertiary/aromatic N) is 1. The average molecular weight is 301 g/mol. The lowest BCUT2D eigenvalue weighted by Gasteiger charge is -2.06. The maximum atomic E-state index is 13.3. The predicted molar refractivity (Wildman–Crippen MR) is 78.7 cm³/mol. The van der Waals surface area contributed by atoms with Crippen LogP contribution in [0.5, 0.6) is 0 Å². The first-order valence-electron chi connectivity index (χ1n) is 6.70. The van der Waals surface area contributed by atoms with Crippen LogP contribution in [-0.2, 0) is 11.3 Å². The van der Waals surface area contributed by atoms with Gasteiger partial charge in [0.25, 0.3) is 0 Å². The molecule has 0 saturated heterocycles. The first-order chi connectivity index (χ1) is 10.6. The van der Waals surface area contributed by atoms with Gasteiger partial charge < -0.3 is 9.30 Å². The molecule has 3 aromatic rings. The molecule has 5 heteroatoms. The third kappa shape index (κ3) is 2.45. The van der Waals surface area contributed by atoms with Crippen LogP contribution < -0.4 is 0 Å². The van der Waals surface area contributed by atoms with Crippen molar-refractivity contribution < 1.29 is 18.3 Å². The zero-order chi connectivity index (χ0) is 15.7. The largest absolute Gasteiger partial charge is 0.465 e. The molecule has 0 atom stereocenters. The minimum Gasteiger partial charge on any atom is -0.465 e. The number of benzene rings is 2. The second-order valence-electron chi connectivity index (χ2n) is 4.93. The van der Waals surface area contributed by atoms with Crippen LogP contribution in [-0.4, -0.2) is 17.6 Å². The SMILES string of the molecule is COC(=O)c1cn(Cc2ccc(F)c(F)c2)c2ccccc12. The van der Waals surface area contributed by atoms with Crippen LogP contribution in [0.1, 0.15) is 15.9 Å². The van der Waals surface area contributed by atoms with Crippen LogP contribution in [0, 0.1) is 11.6 Å². The number of aromatic nitrogens is 1. The van der Waals surface area contributed by atoms with Gasteiger partial charge in [0.05, 0.1) is 12.7 Å². The Morgan fingerprint density at radius 1 is 1.14 bits per heavy atom. The van der Waals surface area contributed by atoms with E-state index in [9.17, 15) is 13.6 Å². The van der Waals surface area contributed by atoms with Crippen molar-refractivity contribution in [1.29, 1.82) is 0 Å². The summed E-state index contributed by atoms with van der Waals surface area (Å²) in [6, 6.07) is 11.1. The summed E-state index contributed by atoms with van der Waals surface area (Å²) in [4.78, 5) is 11.8. The summed E-state index contributed by atoms with van der Waals surface area (Å²) in [5, 5.41) is 0.761. The molecule has 22 heavy (non-hydrogen) atoms. The zero-order valence-corrected chi connectivity index (χ0v) is 11.8. The lowest BCUT2D eigenvalue weighted by atomic mass is 10.2. The number of methoxy groups -OCH3 is 1. The third-order valence-electron chi connectivity index (χ3n) is 3.53. The summed E-state index contributed by atoms with van der Waals surface area (Å²) in [7, 11) is 1.32. The van der Waals surface area contributed by atoms with E-state index in [0.717, 1.165) is 23.0 Å². The van der Waals surface area contributed by atoms with E-state index < -0.39 is 17.6 Å². The normalized spacial score (nSPS) is 10.9. The van der Waals surface area contributed by atoms with Crippen molar-refractivity contribution in [1.82, 2.24) is 4.57 Å². The molecule has 1 aromatic heterocycles. The molecule has 0 N–H and O–H groups in total. The van der Waals surface area contributed by atoms with Gasteiger partial charge in [-0.15, -0.1) is 0 Å². The maximum absolute atomic E-state index is 13.3. The quantitative estimate of drug-likeness (QED) is 0.690. The van der Waals surface area contributed by atoms with Gasteiger partial charge in [0.1, 0.15) is 0 Å². The fourth-order valence-corrected chi connectivity index (χ4v) is 2.48. The number of hydrogen-bond donors (Lipinski definition) is 0. The van der Waals surface area contributed by atoms with E-state index in [-0.39, 0.29) is 0 Å². The Labute approximate surface area is 125 Å². The molecule has 0 saturated carbocycles. The number of hydrogen-bond acceptors (Lipinski definition) is 2. The van der Waals surface area contributed by atoms with Crippen LogP contribution >= 0.6 is 0 Å². The second kappa shape index (κ2) is 5.60. The van der Waals surface area contributed by atoms with Crippen LogP contribution in [0.2, 0.25) is 0 Å². The number of halogens is 2. The highest BCUT2D eigenvalue weighted by Gasteiger charge is 2.15. The predicted octanol–water partition coefficient (Wildman–Crippen LogP) is 3.75. The molecule has 112 valence electrons. The Morgan fingerprint density at radius 2 is 1.91 bits per heavy atom. The number of carbonyl (C=O) groups is 1. The van der Waals surface area contributed by atoms with Gasteiger partial charge in [-0.3, -0.25) is 0 Å². The summed E-state index contributed by atoms with van der Waals surface area (Å²) in [5.74, 6) is -2.20. The fourth-order valence-electron chi connectivity index (χ4n) is 2.48. The van der Waals surface area contributed by atoms with E-state index in [2.05, 4.69) is 0 Å². The summed E-state index contributed by atoms with van der Waals surface area (Å²) < 4.78 is 32.9. The van der Waals surface area contributed by atoms with E-state index in [0.29, 0.717) is 17.7 Å². The first-order valence-corrected chi connectivity index (χ1v) is 6.70. The molecule has 0 radical (unpaired) electrons. The van der Waals surface area contributed by atoms with Gasteiger partial charge in [0.2, 0.25) is 0 Å². The number of esters is 1. The van der Waals surface area contributed by atoms with Gasteiger partial charge in [0.15, 0.2) is 11.6 Å². The van der Waals surface area contributed by atoms with Gasteiger partial charge >= 0.3 is 5.97 Å². The summed E-state index contributed by atoms with van der Waals surface area (Å²) >= 11 is 0. The summed E-state index contributed by atoms with van der Waals surface area (Å²) in [5.41, 5.74) is 1.88. The van der Waals surface area contributed by atoms with Crippen molar-refractivity contribution in [2.24, 2.45) is 0 Å². The molecule has 1 heterocycles. The highest BCUT2D eigenvalue weighted by atomic mass is 19.2. The number of ether oxygens (including phenoxy) is 1. The van der Waals surface area contributed by atoms with Crippen LogP contribution in [0.15, 0.2) is 48.7 Å². The topological polar surface area (TPSA) is 31.2 Å². The molecule has 0 aliphatic rings. The maximum Gasteiger partial charge on any atom is 0.340 e. The Morgan fingerprint density at radius 3 is 2.64 bits per heavy atom. The lowest BCUT2D eigenvalue weighted by molar-refractivity contribution is 0.0602. The van der Waals surface area contributed by atoms with Gasteiger partial charge in [-0.2, -0.15) is 0 Å². The van der Waals surface area contributed by atoms with Crippen LogP contribution in [0.25, 0.3) is 10.9 Å². The molecule has 0 fully saturated rings. The molecule has 0 aliphatic carbocycles. The van der Waals surface area contributed by atoms with Crippen molar-refractivity contribution in [2.75, 3.05) is 7.11 Å². The Kier molecular flexibility index (Phi) is 3.63. The van der Waals surface area contributed by atoms with Gasteiger partial charge in [-0.25, -0.2) is 13.6 Å². The molecule has 2 aromatic carbocycles. The Hall–Kier alpha value is -2.69. The molecule has 0 amide bonds.